The van der Waals surface area contributed by atoms with E-state index in [1.807, 2.05) is 50.2 Å². The fourth-order valence-corrected chi connectivity index (χ4v) is 9.65. The number of nitrogens with one attached hydrogen (secondary N) is 6. The van der Waals surface area contributed by atoms with Crippen LogP contribution in [0.4, 0.5) is 0 Å². The van der Waals surface area contributed by atoms with Crippen molar-refractivity contribution in [1.82, 2.24) is 36.8 Å². The van der Waals surface area contributed by atoms with E-state index in [0.29, 0.717) is 23.1 Å². The van der Waals surface area contributed by atoms with Crippen molar-refractivity contribution in [3.63, 3.8) is 0 Å². The minimum absolute atomic E-state index is 0.0257. The van der Waals surface area contributed by atoms with Gasteiger partial charge in [-0.25, -0.2) is 0 Å². The van der Waals surface area contributed by atoms with Crippen LogP contribution in [0, 0.1) is 5.92 Å². The molecule has 9 amide bonds. The molecule has 4 aromatic carbocycles. The Hall–Kier alpha value is -9.33. The van der Waals surface area contributed by atoms with Crippen LogP contribution >= 0.6 is 0 Å². The van der Waals surface area contributed by atoms with E-state index >= 15 is 4.79 Å². The second-order valence-electron chi connectivity index (χ2n) is 21.2. The first-order valence-electron chi connectivity index (χ1n) is 27.8. The zero-order valence-electron chi connectivity index (χ0n) is 47.3. The number of aliphatic imine (C=N–C) groups is 2. The number of phenols is 1. The summed E-state index contributed by atoms with van der Waals surface area (Å²) in [5, 5.41) is 27.9. The molecule has 0 bridgehead atoms. The Labute approximate surface area is 487 Å². The van der Waals surface area contributed by atoms with E-state index in [4.69, 9.17) is 40.1 Å². The first-order valence-corrected chi connectivity index (χ1v) is 27.8. The molecule has 1 saturated heterocycles. The summed E-state index contributed by atoms with van der Waals surface area (Å²) in [4.78, 5) is 134. The number of benzene rings is 4. The number of likely N-dealkylation sites (tertiary alicyclic amines) is 1. The Balaban J connectivity index is 1.44. The number of guanidine groups is 2. The molecular weight excluding hydrogens is 1080 g/mol. The molecule has 8 atom stereocenters. The topological polar surface area (TPSA) is 456 Å². The molecular formula is C58H80N16O10. The van der Waals surface area contributed by atoms with Gasteiger partial charge < -0.3 is 82.0 Å². The Morgan fingerprint density at radius 1 is 0.560 bits per heavy atom. The van der Waals surface area contributed by atoms with Crippen molar-refractivity contribution in [3.8, 4) is 5.75 Å². The molecule has 21 N–H and O–H groups in total. The summed E-state index contributed by atoms with van der Waals surface area (Å²) in [6, 6.07) is 17.9. The first kappa shape index (κ1) is 65.5. The number of aromatic hydroxyl groups is 1. The van der Waals surface area contributed by atoms with Crippen molar-refractivity contribution >= 4 is 75.9 Å². The average molecular weight is 1160 g/mol. The van der Waals surface area contributed by atoms with Crippen LogP contribution in [0.3, 0.4) is 0 Å². The maximum atomic E-state index is 15.0. The van der Waals surface area contributed by atoms with Gasteiger partial charge in [0.05, 0.1) is 12.5 Å². The molecule has 1 fully saturated rings. The Morgan fingerprint density at radius 2 is 1.06 bits per heavy atom. The van der Waals surface area contributed by atoms with Crippen LogP contribution in [-0.4, -0.2) is 143 Å². The third-order valence-electron chi connectivity index (χ3n) is 13.9. The third-order valence-corrected chi connectivity index (χ3v) is 13.9. The quantitative estimate of drug-likeness (QED) is 0.0147. The molecule has 26 nitrogen and oxygen atoms in total. The first-order chi connectivity index (χ1) is 40.0. The minimum Gasteiger partial charge on any atom is -0.508 e. The molecule has 0 spiro atoms. The summed E-state index contributed by atoms with van der Waals surface area (Å²) in [5.74, 6) is -7.72. The molecule has 0 radical (unpaired) electrons. The molecule has 0 aliphatic carbocycles. The molecule has 0 unspecified atom stereocenters. The number of fused-ring (bicyclic) bond motifs is 1. The van der Waals surface area contributed by atoms with Gasteiger partial charge in [0.2, 0.25) is 53.2 Å². The lowest BCUT2D eigenvalue weighted by Gasteiger charge is -2.31. The minimum atomic E-state index is -1.50. The lowest BCUT2D eigenvalue weighted by Crippen LogP contribution is -2.60. The number of primary amides is 2. The van der Waals surface area contributed by atoms with Gasteiger partial charge in [0, 0.05) is 32.5 Å². The van der Waals surface area contributed by atoms with E-state index in [-0.39, 0.29) is 101 Å². The number of hydrogen-bond acceptors (Lipinski definition) is 13. The highest BCUT2D eigenvalue weighted by Crippen LogP contribution is 2.22. The standard InChI is InChI=1S/C58H80N16O10/c1-33(2)27-44(72-54(82)45(30-34-11-4-3-5-12-34)71-50(78)40(59)29-35-19-22-39(75)23-20-35)52(80)73-46(31-36-18-21-37-13-6-7-14-38(37)28-36)53(81)69-42(16-9-25-67-58(64)65)56(84)74-26-10-17-47(74)55(83)68-41(15-8-24-66-57(62)63)51(79)70-43(49(61)77)32-48(60)76/h3-7,11-14,18-23,28,33,40-47,75H,8-10,15-17,24-27,29-32,59H2,1-2H3,(H2,60,76)(H2,61,77)(H,68,83)(H,69,81)(H,70,79)(H,71,78)(H,72,82)(H,73,80)(H4,62,63,66)(H4,64,65,67)/t40-,41-,42-,43-,44-,45-,46-,47-/m0/s1. The number of nitrogens with two attached hydrogens (primary N) is 7. The summed E-state index contributed by atoms with van der Waals surface area (Å²) in [6.07, 6.45) is 0.207. The molecule has 4 aromatic rings. The lowest BCUT2D eigenvalue weighted by molar-refractivity contribution is -0.142. The van der Waals surface area contributed by atoms with Crippen LogP contribution in [0.1, 0.15) is 81.9 Å². The van der Waals surface area contributed by atoms with Gasteiger partial charge >= 0.3 is 0 Å². The second-order valence-corrected chi connectivity index (χ2v) is 21.2. The van der Waals surface area contributed by atoms with Gasteiger partial charge in [-0.05, 0) is 96.9 Å². The number of amides is 9. The summed E-state index contributed by atoms with van der Waals surface area (Å²) in [7, 11) is 0. The number of rotatable bonds is 32. The molecule has 1 heterocycles. The van der Waals surface area contributed by atoms with Gasteiger partial charge in [0.15, 0.2) is 11.9 Å². The van der Waals surface area contributed by atoms with Crippen LogP contribution in [0.25, 0.3) is 10.8 Å². The molecule has 26 heteroatoms. The summed E-state index contributed by atoms with van der Waals surface area (Å²) in [6.45, 7) is 3.86. The number of nitrogens with zero attached hydrogens (tertiary/aromatic N) is 3. The molecule has 452 valence electrons. The average Bonchev–Trinajstić information content (AvgIpc) is 4.12. The Morgan fingerprint density at radius 3 is 1.65 bits per heavy atom. The zero-order chi connectivity index (χ0) is 61.5. The normalized spacial score (nSPS) is 15.4. The maximum absolute atomic E-state index is 15.0. The van der Waals surface area contributed by atoms with E-state index in [1.54, 1.807) is 48.5 Å². The largest absolute Gasteiger partial charge is 0.508 e. The van der Waals surface area contributed by atoms with Gasteiger partial charge in [-0.2, -0.15) is 0 Å². The number of phenolic OH excluding ortho intramolecular Hbond substituents is 1. The van der Waals surface area contributed by atoms with Gasteiger partial charge in [0.1, 0.15) is 48.0 Å². The fourth-order valence-electron chi connectivity index (χ4n) is 9.65. The fraction of sp³-hybridized carbons (Fsp3) is 0.431. The molecule has 5 rings (SSSR count). The zero-order valence-corrected chi connectivity index (χ0v) is 47.3. The predicted molar refractivity (Wildman–Crippen MR) is 316 cm³/mol. The number of hydrogen-bond donors (Lipinski definition) is 14. The van der Waals surface area contributed by atoms with Crippen LogP contribution in [0.15, 0.2) is 107 Å². The lowest BCUT2D eigenvalue weighted by atomic mass is 9.98. The van der Waals surface area contributed by atoms with Crippen molar-refractivity contribution in [3.05, 3.63) is 114 Å². The third kappa shape index (κ3) is 21.2. The van der Waals surface area contributed by atoms with E-state index in [0.717, 1.165) is 10.8 Å². The van der Waals surface area contributed by atoms with Crippen molar-refractivity contribution in [2.24, 2.45) is 56.0 Å². The van der Waals surface area contributed by atoms with E-state index < -0.39 is 108 Å². The Bertz CT molecular complexity index is 2990. The van der Waals surface area contributed by atoms with Crippen molar-refractivity contribution in [2.75, 3.05) is 19.6 Å². The van der Waals surface area contributed by atoms with Crippen molar-refractivity contribution < 1.29 is 48.3 Å². The molecule has 84 heavy (non-hydrogen) atoms. The highest BCUT2D eigenvalue weighted by Gasteiger charge is 2.40. The van der Waals surface area contributed by atoms with Gasteiger partial charge in [-0.1, -0.05) is 98.8 Å². The SMILES string of the molecule is CC(C)C[C@H](NC(=O)[C@H](Cc1ccccc1)NC(=O)[C@@H](N)Cc1ccc(O)cc1)C(=O)N[C@@H](Cc1ccc2ccccc2c1)C(=O)N[C@@H](CCCN=C(N)N)C(=O)N1CCC[C@H]1C(=O)N[C@@H](CCCN=C(N)N)C(=O)N[C@@H](CC(N)=O)C(N)=O. The van der Waals surface area contributed by atoms with Crippen LogP contribution in [0.5, 0.6) is 5.75 Å². The highest BCUT2D eigenvalue weighted by molar-refractivity contribution is 5.99. The molecule has 0 saturated carbocycles. The highest BCUT2D eigenvalue weighted by atomic mass is 16.3. The van der Waals surface area contributed by atoms with E-state index in [9.17, 15) is 43.5 Å². The van der Waals surface area contributed by atoms with E-state index in [1.165, 1.54) is 17.0 Å². The predicted octanol–water partition coefficient (Wildman–Crippen LogP) is -1.69. The smallest absolute Gasteiger partial charge is 0.245 e. The Kier molecular flexibility index (Phi) is 25.2. The monoisotopic (exact) mass is 1160 g/mol. The summed E-state index contributed by atoms with van der Waals surface area (Å²) < 4.78 is 0. The number of carbonyl (C=O) groups excluding carboxylic acids is 9. The van der Waals surface area contributed by atoms with Gasteiger partial charge in [-0.15, -0.1) is 0 Å². The van der Waals surface area contributed by atoms with Crippen molar-refractivity contribution in [2.45, 2.75) is 133 Å². The summed E-state index contributed by atoms with van der Waals surface area (Å²) in [5.41, 5.74) is 41.3. The molecule has 1 aliphatic heterocycles. The molecule has 1 aliphatic rings. The number of carbonyl (C=O) groups is 9. The van der Waals surface area contributed by atoms with Crippen LogP contribution in [-0.2, 0) is 62.4 Å². The van der Waals surface area contributed by atoms with Crippen molar-refractivity contribution in [1.29, 1.82) is 0 Å². The summed E-state index contributed by atoms with van der Waals surface area (Å²) >= 11 is 0. The maximum Gasteiger partial charge on any atom is 0.245 e. The van der Waals surface area contributed by atoms with Gasteiger partial charge in [-0.3, -0.25) is 53.1 Å². The second kappa shape index (κ2) is 32.3. The van der Waals surface area contributed by atoms with E-state index in [2.05, 4.69) is 41.9 Å². The molecule has 0 aromatic heterocycles. The van der Waals surface area contributed by atoms with Crippen LogP contribution in [0.2, 0.25) is 0 Å². The van der Waals surface area contributed by atoms with Crippen LogP contribution < -0.4 is 72.0 Å². The van der Waals surface area contributed by atoms with Gasteiger partial charge in [0.25, 0.3) is 0 Å².